The van der Waals surface area contributed by atoms with E-state index >= 15 is 0 Å². The maximum Gasteiger partial charge on any atom is 0.338 e. The molecule has 0 fully saturated rings. The summed E-state index contributed by atoms with van der Waals surface area (Å²) >= 11 is 11.2. The van der Waals surface area contributed by atoms with E-state index in [1.165, 1.54) is 11.3 Å². The molecule has 0 aliphatic carbocycles. The van der Waals surface area contributed by atoms with Gasteiger partial charge in [-0.3, -0.25) is 9.36 Å². The summed E-state index contributed by atoms with van der Waals surface area (Å²) in [7, 11) is 0. The maximum atomic E-state index is 14.2. The third kappa shape index (κ3) is 6.27. The van der Waals surface area contributed by atoms with Crippen molar-refractivity contribution in [3.8, 4) is 5.75 Å². The van der Waals surface area contributed by atoms with Crippen molar-refractivity contribution >= 4 is 67.4 Å². The molecule has 1 aliphatic heterocycles. The first-order chi connectivity index (χ1) is 23.4. The SMILES string of the molecule is CCOC(=O)C1=C(c2ccccc2)N=c2s/c(=C\c3ccc(OCc4cccc5ccccc45)c(Br)c3)c(=O)n2[C@@H]1c1ccc(Cl)cc1. The van der Waals surface area contributed by atoms with E-state index in [0.717, 1.165) is 31.9 Å². The first kappa shape index (κ1) is 31.8. The Morgan fingerprint density at radius 3 is 2.48 bits per heavy atom. The Morgan fingerprint density at radius 2 is 1.71 bits per heavy atom. The lowest BCUT2D eigenvalue weighted by molar-refractivity contribution is -0.138. The van der Waals surface area contributed by atoms with Crippen LogP contribution in [0.25, 0.3) is 22.5 Å². The molecule has 5 aromatic carbocycles. The number of fused-ring (bicyclic) bond motifs is 2. The molecule has 0 radical (unpaired) electrons. The van der Waals surface area contributed by atoms with Gasteiger partial charge in [0.15, 0.2) is 4.80 Å². The average molecular weight is 736 g/mol. The molecule has 1 aromatic heterocycles. The minimum absolute atomic E-state index is 0.179. The number of hydrogen-bond donors (Lipinski definition) is 0. The topological polar surface area (TPSA) is 69.9 Å². The van der Waals surface area contributed by atoms with Crippen molar-refractivity contribution in [2.75, 3.05) is 6.61 Å². The zero-order valence-corrected chi connectivity index (χ0v) is 28.9. The summed E-state index contributed by atoms with van der Waals surface area (Å²) in [6, 6.07) is 36.0. The van der Waals surface area contributed by atoms with Crippen molar-refractivity contribution in [2.45, 2.75) is 19.6 Å². The van der Waals surface area contributed by atoms with E-state index in [4.69, 9.17) is 26.1 Å². The van der Waals surface area contributed by atoms with Gasteiger partial charge in [0.05, 0.1) is 32.9 Å². The van der Waals surface area contributed by atoms with Gasteiger partial charge in [-0.2, -0.15) is 0 Å². The fourth-order valence-electron chi connectivity index (χ4n) is 5.85. The number of carbonyl (C=O) groups is 1. The Hall–Kier alpha value is -4.76. The largest absolute Gasteiger partial charge is 0.488 e. The number of hydrogen-bond acceptors (Lipinski definition) is 6. The van der Waals surface area contributed by atoms with Crippen LogP contribution in [-0.4, -0.2) is 17.1 Å². The highest BCUT2D eigenvalue weighted by atomic mass is 79.9. The molecule has 9 heteroatoms. The second-order valence-corrected chi connectivity index (χ2v) is 13.4. The predicted molar refractivity (Wildman–Crippen MR) is 195 cm³/mol. The van der Waals surface area contributed by atoms with Crippen LogP contribution in [0.3, 0.4) is 0 Å². The minimum Gasteiger partial charge on any atom is -0.488 e. The molecule has 6 aromatic rings. The van der Waals surface area contributed by atoms with Gasteiger partial charge in [-0.15, -0.1) is 0 Å². The lowest BCUT2D eigenvalue weighted by Gasteiger charge is -2.25. The highest BCUT2D eigenvalue weighted by molar-refractivity contribution is 9.10. The molecule has 0 saturated carbocycles. The van der Waals surface area contributed by atoms with Crippen LogP contribution in [0, 0.1) is 0 Å². The minimum atomic E-state index is -0.772. The molecule has 0 N–H and O–H groups in total. The molecule has 1 atom stereocenters. The Kier molecular flexibility index (Phi) is 9.13. The van der Waals surface area contributed by atoms with Crippen molar-refractivity contribution in [2.24, 2.45) is 4.99 Å². The average Bonchev–Trinajstić information content (AvgIpc) is 3.42. The van der Waals surface area contributed by atoms with E-state index in [1.807, 2.05) is 84.9 Å². The van der Waals surface area contributed by atoms with Gasteiger partial charge in [0.1, 0.15) is 12.4 Å². The van der Waals surface area contributed by atoms with E-state index in [0.29, 0.717) is 43.5 Å². The van der Waals surface area contributed by atoms with E-state index in [1.54, 1.807) is 23.6 Å². The number of nitrogens with zero attached hydrogens (tertiary/aromatic N) is 2. The summed E-state index contributed by atoms with van der Waals surface area (Å²) in [5.41, 5.74) is 3.86. The van der Waals surface area contributed by atoms with E-state index < -0.39 is 12.0 Å². The van der Waals surface area contributed by atoms with Gasteiger partial charge < -0.3 is 9.47 Å². The molecule has 7 rings (SSSR count). The molecule has 238 valence electrons. The van der Waals surface area contributed by atoms with Crippen LogP contribution >= 0.6 is 38.9 Å². The molecule has 1 aliphatic rings. The number of ether oxygens (including phenoxy) is 2. The Morgan fingerprint density at radius 1 is 0.958 bits per heavy atom. The third-order valence-corrected chi connectivity index (χ3v) is 9.93. The monoisotopic (exact) mass is 734 g/mol. The van der Waals surface area contributed by atoms with Gasteiger partial charge in [-0.25, -0.2) is 9.79 Å². The van der Waals surface area contributed by atoms with Crippen molar-refractivity contribution < 1.29 is 14.3 Å². The van der Waals surface area contributed by atoms with Crippen molar-refractivity contribution in [1.29, 1.82) is 0 Å². The summed E-state index contributed by atoms with van der Waals surface area (Å²) in [6.07, 6.45) is 1.83. The second kappa shape index (κ2) is 13.8. The molecule has 0 saturated heterocycles. The van der Waals surface area contributed by atoms with Crippen LogP contribution in [0.1, 0.15) is 35.2 Å². The third-order valence-electron chi connectivity index (χ3n) is 8.08. The highest BCUT2D eigenvalue weighted by Gasteiger charge is 2.35. The molecule has 0 amide bonds. The summed E-state index contributed by atoms with van der Waals surface area (Å²) in [5, 5.41) is 2.87. The molecule has 2 heterocycles. The predicted octanol–water partition coefficient (Wildman–Crippen LogP) is 8.08. The van der Waals surface area contributed by atoms with E-state index in [9.17, 15) is 9.59 Å². The second-order valence-electron chi connectivity index (χ2n) is 11.1. The Labute approximate surface area is 294 Å². The quantitative estimate of drug-likeness (QED) is 0.148. The van der Waals surface area contributed by atoms with E-state index in [2.05, 4.69) is 40.2 Å². The summed E-state index contributed by atoms with van der Waals surface area (Å²) in [5.74, 6) is 0.160. The lowest BCUT2D eigenvalue weighted by Crippen LogP contribution is -2.40. The zero-order valence-electron chi connectivity index (χ0n) is 25.7. The standard InChI is InChI=1S/C39H28BrClN2O4S/c1-2-46-38(45)34-35(26-10-4-3-5-11-26)42-39-43(36(34)27-16-18-29(41)19-17-27)37(44)33(48-39)22-24-15-20-32(31(40)21-24)47-23-28-13-8-12-25-9-6-7-14-30(25)28/h3-22,36H,2,23H2,1H3/b33-22-/t36-/m1/s1. The number of halogens is 2. The lowest BCUT2D eigenvalue weighted by atomic mass is 9.93. The fraction of sp³-hybridized carbons (Fsp3) is 0.103. The van der Waals surface area contributed by atoms with Crippen LogP contribution in [0.15, 0.2) is 135 Å². The van der Waals surface area contributed by atoms with Gasteiger partial charge in [-0.05, 0) is 80.7 Å². The van der Waals surface area contributed by atoms with E-state index in [-0.39, 0.29) is 12.2 Å². The highest BCUT2D eigenvalue weighted by Crippen LogP contribution is 2.35. The van der Waals surface area contributed by atoms with Gasteiger partial charge in [0.25, 0.3) is 5.56 Å². The summed E-state index contributed by atoms with van der Waals surface area (Å²) in [6.45, 7) is 2.35. The number of esters is 1. The van der Waals surface area contributed by atoms with Crippen LogP contribution in [0.4, 0.5) is 0 Å². The number of thiazole rings is 1. The summed E-state index contributed by atoms with van der Waals surface area (Å²) in [4.78, 5) is 33.2. The fourth-order valence-corrected chi connectivity index (χ4v) is 7.49. The molecule has 48 heavy (non-hydrogen) atoms. The number of benzene rings is 5. The smallest absolute Gasteiger partial charge is 0.338 e. The van der Waals surface area contributed by atoms with Gasteiger partial charge in [0, 0.05) is 10.6 Å². The Bertz CT molecular complexity index is 2380. The van der Waals surface area contributed by atoms with Crippen molar-refractivity contribution in [3.05, 3.63) is 172 Å². The normalized spacial score (nSPS) is 14.5. The molecular weight excluding hydrogens is 708 g/mol. The molecule has 0 bridgehead atoms. The first-order valence-electron chi connectivity index (χ1n) is 15.3. The van der Waals surface area contributed by atoms with Crippen LogP contribution in [0.2, 0.25) is 5.02 Å². The molecule has 6 nitrogen and oxygen atoms in total. The van der Waals surface area contributed by atoms with Crippen molar-refractivity contribution in [1.82, 2.24) is 4.57 Å². The molecular formula is C39H28BrClN2O4S. The summed E-state index contributed by atoms with van der Waals surface area (Å²) < 4.78 is 14.6. The van der Waals surface area contributed by atoms with Gasteiger partial charge in [0.2, 0.25) is 0 Å². The van der Waals surface area contributed by atoms with Crippen LogP contribution in [-0.2, 0) is 16.1 Å². The van der Waals surface area contributed by atoms with Gasteiger partial charge >= 0.3 is 5.97 Å². The maximum absolute atomic E-state index is 14.2. The Balaban J connectivity index is 1.29. The van der Waals surface area contributed by atoms with Crippen LogP contribution in [0.5, 0.6) is 5.75 Å². The number of carbonyl (C=O) groups excluding carboxylic acids is 1. The molecule has 0 spiro atoms. The number of aromatic nitrogens is 1. The zero-order chi connectivity index (χ0) is 33.2. The van der Waals surface area contributed by atoms with Gasteiger partial charge in [-0.1, -0.05) is 114 Å². The number of rotatable bonds is 8. The molecule has 0 unspecified atom stereocenters. The van der Waals surface area contributed by atoms with Crippen LogP contribution < -0.4 is 19.6 Å². The van der Waals surface area contributed by atoms with Crippen molar-refractivity contribution in [3.63, 3.8) is 0 Å². The first-order valence-corrected chi connectivity index (χ1v) is 17.3.